The lowest BCUT2D eigenvalue weighted by molar-refractivity contribution is 0.471. The first-order chi connectivity index (χ1) is 20.8. The lowest BCUT2D eigenvalue weighted by Crippen LogP contribution is -2.37. The van der Waals surface area contributed by atoms with Crippen molar-refractivity contribution < 1.29 is 21.3 Å². The Bertz CT molecular complexity index is 1940. The second-order valence-corrected chi connectivity index (χ2v) is 13.8. The van der Waals surface area contributed by atoms with Crippen LogP contribution in [0.1, 0.15) is 29.0 Å². The molecule has 0 fully saturated rings. The quantitative estimate of drug-likeness (QED) is 0.234. The van der Waals surface area contributed by atoms with Gasteiger partial charge in [0, 0.05) is 5.69 Å². The normalized spacial score (nSPS) is 17.0. The van der Waals surface area contributed by atoms with Crippen LogP contribution in [0.2, 0.25) is 0 Å². The molecule has 0 bridgehead atoms. The van der Waals surface area contributed by atoms with Gasteiger partial charge in [-0.3, -0.25) is 9.73 Å². The van der Waals surface area contributed by atoms with E-state index in [4.69, 9.17) is 9.52 Å². The highest BCUT2D eigenvalue weighted by atomic mass is 32.2. The van der Waals surface area contributed by atoms with E-state index in [2.05, 4.69) is 14.9 Å². The number of sulfone groups is 1. The van der Waals surface area contributed by atoms with E-state index in [0.29, 0.717) is 17.0 Å². The van der Waals surface area contributed by atoms with Crippen molar-refractivity contribution in [1.82, 2.24) is 10.2 Å². The third kappa shape index (κ3) is 6.35. The van der Waals surface area contributed by atoms with Crippen molar-refractivity contribution in [2.75, 3.05) is 9.73 Å². The molecular formula is C31H27N5O5S2. The second kappa shape index (κ2) is 11.8. The number of sulfonamides is 1. The standard InChI is InChI=1S/C31H27N5O5S2/c37-42(38,21-27-32-33-28(41-27)22-43(39,40)35-25-17-9-3-10-18-25)31-29(23-13-5-1-6-14-23)34-36(26-19-11-4-12-20-26)30(31)24-15-7-2-8-16-24/h1-20,30-31,35H,21-22H2. The molecule has 0 radical (unpaired) electrons. The summed E-state index contributed by atoms with van der Waals surface area (Å²) in [7, 11) is -7.94. The van der Waals surface area contributed by atoms with Gasteiger partial charge in [0.1, 0.15) is 22.8 Å². The Labute approximate surface area is 249 Å². The number of rotatable bonds is 10. The van der Waals surface area contributed by atoms with Gasteiger partial charge in [-0.25, -0.2) is 16.8 Å². The molecule has 0 saturated heterocycles. The van der Waals surface area contributed by atoms with E-state index in [0.717, 1.165) is 11.3 Å². The Kier molecular flexibility index (Phi) is 7.78. The van der Waals surface area contributed by atoms with Crippen LogP contribution in [0, 0.1) is 0 Å². The highest BCUT2D eigenvalue weighted by Gasteiger charge is 2.48. The Morgan fingerprint density at radius 2 is 1.21 bits per heavy atom. The zero-order valence-corrected chi connectivity index (χ0v) is 24.4. The molecule has 10 nitrogen and oxygen atoms in total. The van der Waals surface area contributed by atoms with Gasteiger partial charge < -0.3 is 4.42 Å². The Morgan fingerprint density at radius 1 is 0.674 bits per heavy atom. The van der Waals surface area contributed by atoms with Crippen molar-refractivity contribution in [1.29, 1.82) is 0 Å². The molecule has 1 aliphatic rings. The number of nitrogens with one attached hydrogen (secondary N) is 1. The van der Waals surface area contributed by atoms with Crippen LogP contribution in [0.4, 0.5) is 11.4 Å². The molecule has 0 saturated carbocycles. The van der Waals surface area contributed by atoms with Gasteiger partial charge in [-0.15, -0.1) is 10.2 Å². The number of aromatic nitrogens is 2. The molecule has 0 amide bonds. The Morgan fingerprint density at radius 3 is 1.84 bits per heavy atom. The molecule has 43 heavy (non-hydrogen) atoms. The number of anilines is 2. The van der Waals surface area contributed by atoms with Gasteiger partial charge in [0.05, 0.1) is 11.4 Å². The summed E-state index contributed by atoms with van der Waals surface area (Å²) in [6, 6.07) is 35.6. The Hall–Kier alpha value is -4.81. The molecule has 6 rings (SSSR count). The zero-order chi connectivity index (χ0) is 29.9. The molecule has 12 heteroatoms. The minimum Gasteiger partial charge on any atom is -0.423 e. The maximum absolute atomic E-state index is 14.3. The molecule has 1 N–H and O–H groups in total. The predicted molar refractivity (Wildman–Crippen MR) is 164 cm³/mol. The highest BCUT2D eigenvalue weighted by Crippen LogP contribution is 2.41. The van der Waals surface area contributed by atoms with Gasteiger partial charge in [0.2, 0.25) is 21.8 Å². The number of hydrogen-bond acceptors (Lipinski definition) is 9. The maximum Gasteiger partial charge on any atom is 0.241 e. The summed E-state index contributed by atoms with van der Waals surface area (Å²) in [5, 5.41) is 13.2. The van der Waals surface area contributed by atoms with Gasteiger partial charge in [0.25, 0.3) is 0 Å². The number of para-hydroxylation sites is 2. The van der Waals surface area contributed by atoms with Gasteiger partial charge >= 0.3 is 0 Å². The van der Waals surface area contributed by atoms with Crippen LogP contribution in [0.3, 0.4) is 0 Å². The molecule has 2 unspecified atom stereocenters. The molecule has 4 aromatic carbocycles. The van der Waals surface area contributed by atoms with E-state index in [1.165, 1.54) is 0 Å². The minimum atomic E-state index is -4.06. The van der Waals surface area contributed by atoms with E-state index >= 15 is 0 Å². The predicted octanol–water partition coefficient (Wildman–Crippen LogP) is 4.96. The number of benzene rings is 4. The first-order valence-corrected chi connectivity index (χ1v) is 16.8. The summed E-state index contributed by atoms with van der Waals surface area (Å²) in [5.41, 5.74) is 2.93. The summed E-state index contributed by atoms with van der Waals surface area (Å²) in [6.45, 7) is 0. The fourth-order valence-corrected chi connectivity index (χ4v) is 7.87. The third-order valence-electron chi connectivity index (χ3n) is 6.85. The van der Waals surface area contributed by atoms with Crippen LogP contribution >= 0.6 is 0 Å². The molecule has 218 valence electrons. The van der Waals surface area contributed by atoms with E-state index in [1.807, 2.05) is 91.0 Å². The average molecular weight is 614 g/mol. The summed E-state index contributed by atoms with van der Waals surface area (Å²) in [5.74, 6) is -1.64. The lowest BCUT2D eigenvalue weighted by Gasteiger charge is -2.28. The molecular weight excluding hydrogens is 587 g/mol. The van der Waals surface area contributed by atoms with Crippen LogP contribution in [0.25, 0.3) is 0 Å². The van der Waals surface area contributed by atoms with Crippen LogP contribution < -0.4 is 9.73 Å². The molecule has 5 aromatic rings. The van der Waals surface area contributed by atoms with Crippen LogP contribution in [-0.4, -0.2) is 38.0 Å². The van der Waals surface area contributed by atoms with Gasteiger partial charge in [-0.1, -0.05) is 97.1 Å². The topological polar surface area (TPSA) is 135 Å². The SMILES string of the molecule is O=S(=O)(Cc1nnc(CS(=O)(=O)C2C(c3ccccc3)=NN(c3ccccc3)C2c2ccccc2)o1)Nc1ccccc1. The number of hydrazone groups is 1. The smallest absolute Gasteiger partial charge is 0.241 e. The molecule has 0 aliphatic carbocycles. The zero-order valence-electron chi connectivity index (χ0n) is 22.8. The fraction of sp³-hybridized carbons (Fsp3) is 0.129. The third-order valence-corrected chi connectivity index (χ3v) is 9.93. The minimum absolute atomic E-state index is 0.206. The largest absolute Gasteiger partial charge is 0.423 e. The van der Waals surface area contributed by atoms with E-state index in [1.54, 1.807) is 35.3 Å². The van der Waals surface area contributed by atoms with Gasteiger partial charge in [-0.2, -0.15) is 5.10 Å². The molecule has 1 aromatic heterocycles. The highest BCUT2D eigenvalue weighted by molar-refractivity contribution is 7.92. The van der Waals surface area contributed by atoms with Gasteiger partial charge in [0.15, 0.2) is 9.84 Å². The summed E-state index contributed by atoms with van der Waals surface area (Å²) in [6.07, 6.45) is 0. The van der Waals surface area contributed by atoms with Crippen LogP contribution in [0.15, 0.2) is 131 Å². The second-order valence-electron chi connectivity index (χ2n) is 9.93. The molecule has 1 aliphatic heterocycles. The summed E-state index contributed by atoms with van der Waals surface area (Å²) < 4.78 is 62.0. The van der Waals surface area contributed by atoms with Crippen molar-refractivity contribution in [2.45, 2.75) is 22.8 Å². The van der Waals surface area contributed by atoms with E-state index in [9.17, 15) is 16.8 Å². The van der Waals surface area contributed by atoms with E-state index < -0.39 is 42.7 Å². The average Bonchev–Trinajstić information content (AvgIpc) is 3.63. The van der Waals surface area contributed by atoms with Crippen molar-refractivity contribution in [3.63, 3.8) is 0 Å². The van der Waals surface area contributed by atoms with Crippen LogP contribution in [-0.2, 0) is 31.4 Å². The number of hydrogen-bond donors (Lipinski definition) is 1. The fourth-order valence-electron chi connectivity index (χ4n) is 5.03. The van der Waals surface area contributed by atoms with Crippen molar-refractivity contribution in [2.24, 2.45) is 5.10 Å². The first-order valence-electron chi connectivity index (χ1n) is 13.4. The summed E-state index contributed by atoms with van der Waals surface area (Å²) >= 11 is 0. The first kappa shape index (κ1) is 28.3. The summed E-state index contributed by atoms with van der Waals surface area (Å²) in [4.78, 5) is 0. The molecule has 2 atom stereocenters. The lowest BCUT2D eigenvalue weighted by atomic mass is 9.97. The van der Waals surface area contributed by atoms with Crippen LogP contribution in [0.5, 0.6) is 0 Å². The van der Waals surface area contributed by atoms with Crippen molar-refractivity contribution >= 4 is 36.9 Å². The van der Waals surface area contributed by atoms with E-state index in [-0.39, 0.29) is 11.8 Å². The van der Waals surface area contributed by atoms with Gasteiger partial charge in [-0.05, 0) is 35.4 Å². The number of nitrogens with zero attached hydrogens (tertiary/aromatic N) is 4. The Balaban J connectivity index is 1.34. The maximum atomic E-state index is 14.3. The molecule has 2 heterocycles. The molecule has 0 spiro atoms. The monoisotopic (exact) mass is 613 g/mol. The van der Waals surface area contributed by atoms with Crippen molar-refractivity contribution in [3.05, 3.63) is 144 Å². The van der Waals surface area contributed by atoms with Crippen molar-refractivity contribution in [3.8, 4) is 0 Å².